The first-order valence-corrected chi connectivity index (χ1v) is 1.12. The van der Waals surface area contributed by atoms with Crippen LogP contribution >= 0.6 is 12.2 Å². The van der Waals surface area contributed by atoms with Crippen molar-refractivity contribution in [2.75, 3.05) is 0 Å². The Balaban J connectivity index is 2.80. The SMILES string of the molecule is NC(O)=S. The summed E-state index contributed by atoms with van der Waals surface area (Å²) < 4.78 is 0. The topological polar surface area (TPSA) is 46.2 Å². The monoisotopic (exact) mass is 77.0 g/mol. The summed E-state index contributed by atoms with van der Waals surface area (Å²) in [5.74, 6) is 0. The molecule has 2 nitrogen and oxygen atoms in total. The molecule has 0 aromatic rings. The molecule has 0 saturated carbocycles. The van der Waals surface area contributed by atoms with Crippen molar-refractivity contribution >= 4 is 17.4 Å². The maximum absolute atomic E-state index is 7.56. The van der Waals surface area contributed by atoms with E-state index >= 15 is 0 Å². The zero-order valence-corrected chi connectivity index (χ0v) is 2.75. The summed E-state index contributed by atoms with van der Waals surface area (Å²) in [5, 5.41) is 7.06. The number of thiocarbonyl (C=S) groups is 1. The predicted octanol–water partition coefficient (Wildman–Crippen LogP) is -0.212. The van der Waals surface area contributed by atoms with Gasteiger partial charge in [-0.3, -0.25) is 0 Å². The molecule has 0 aromatic heterocycles. The summed E-state index contributed by atoms with van der Waals surface area (Å²) in [6.45, 7) is 0. The van der Waals surface area contributed by atoms with Gasteiger partial charge in [0.25, 0.3) is 5.17 Å². The average Bonchev–Trinajstić information content (AvgIpc) is 0.811. The van der Waals surface area contributed by atoms with Crippen molar-refractivity contribution in [3.63, 3.8) is 0 Å². The zero-order valence-electron chi connectivity index (χ0n) is 1.93. The number of rotatable bonds is 0. The minimum atomic E-state index is -0.500. The third-order valence-corrected chi connectivity index (χ3v) is 0. The fourth-order valence-electron chi connectivity index (χ4n) is 0. The maximum atomic E-state index is 7.56. The first-order valence-electron chi connectivity index (χ1n) is 0.716. The smallest absolute Gasteiger partial charge is 0.251 e. The Kier molecular flexibility index (Phi) is 0.979. The molecule has 0 bridgehead atoms. The van der Waals surface area contributed by atoms with Crippen LogP contribution in [0.4, 0.5) is 0 Å². The van der Waals surface area contributed by atoms with E-state index in [0.29, 0.717) is 0 Å². The summed E-state index contributed by atoms with van der Waals surface area (Å²) in [6.07, 6.45) is 0. The van der Waals surface area contributed by atoms with Gasteiger partial charge in [0.15, 0.2) is 0 Å². The van der Waals surface area contributed by atoms with Crippen LogP contribution < -0.4 is 5.73 Å². The van der Waals surface area contributed by atoms with E-state index in [4.69, 9.17) is 5.11 Å². The van der Waals surface area contributed by atoms with Crippen molar-refractivity contribution in [3.05, 3.63) is 0 Å². The molecule has 0 atom stereocenters. The fourth-order valence-corrected chi connectivity index (χ4v) is 0. The Morgan fingerprint density at radius 1 is 2.00 bits per heavy atom. The van der Waals surface area contributed by atoms with Crippen molar-refractivity contribution in [2.24, 2.45) is 5.73 Å². The number of aliphatic hydroxyl groups is 1. The third kappa shape index (κ3) is 8.37. The molecule has 0 spiro atoms. The van der Waals surface area contributed by atoms with E-state index in [1.807, 2.05) is 0 Å². The lowest BCUT2D eigenvalue weighted by Crippen LogP contribution is -2.03. The van der Waals surface area contributed by atoms with Crippen molar-refractivity contribution in [1.29, 1.82) is 0 Å². The summed E-state index contributed by atoms with van der Waals surface area (Å²) in [7, 11) is 0. The fraction of sp³-hybridized carbons (Fsp3) is 0. The lowest BCUT2D eigenvalue weighted by molar-refractivity contribution is 0.560. The van der Waals surface area contributed by atoms with Crippen LogP contribution in [0.25, 0.3) is 0 Å². The van der Waals surface area contributed by atoms with Gasteiger partial charge in [0.2, 0.25) is 0 Å². The second-order valence-electron chi connectivity index (χ2n) is 0.338. The van der Waals surface area contributed by atoms with Crippen LogP contribution in [0.1, 0.15) is 0 Å². The zero-order chi connectivity index (χ0) is 3.58. The van der Waals surface area contributed by atoms with E-state index in [2.05, 4.69) is 18.0 Å². The lowest BCUT2D eigenvalue weighted by atomic mass is 11.4. The molecule has 0 unspecified atom stereocenters. The van der Waals surface area contributed by atoms with Crippen molar-refractivity contribution in [3.8, 4) is 0 Å². The van der Waals surface area contributed by atoms with Crippen LogP contribution in [0, 0.1) is 0 Å². The van der Waals surface area contributed by atoms with Gasteiger partial charge in [0, 0.05) is 0 Å². The van der Waals surface area contributed by atoms with Gasteiger partial charge in [0.05, 0.1) is 0 Å². The van der Waals surface area contributed by atoms with Crippen molar-refractivity contribution in [2.45, 2.75) is 0 Å². The van der Waals surface area contributed by atoms with Gasteiger partial charge in [-0.2, -0.15) is 0 Å². The van der Waals surface area contributed by atoms with Gasteiger partial charge < -0.3 is 10.8 Å². The molecule has 0 aliphatic carbocycles. The van der Waals surface area contributed by atoms with E-state index in [9.17, 15) is 0 Å². The molecule has 4 heavy (non-hydrogen) atoms. The average molecular weight is 77.1 g/mol. The minimum Gasteiger partial charge on any atom is -0.487 e. The van der Waals surface area contributed by atoms with Crippen molar-refractivity contribution < 1.29 is 5.11 Å². The Hall–Kier alpha value is -0.310. The third-order valence-electron chi connectivity index (χ3n) is 0. The largest absolute Gasteiger partial charge is 0.487 e. The summed E-state index contributed by atoms with van der Waals surface area (Å²) in [5.41, 5.74) is 4.40. The Bertz CT molecular complexity index is 31.0. The maximum Gasteiger partial charge on any atom is 0.251 e. The van der Waals surface area contributed by atoms with Gasteiger partial charge in [-0.1, -0.05) is 0 Å². The Morgan fingerprint density at radius 3 is 2.00 bits per heavy atom. The quantitative estimate of drug-likeness (QED) is 0.393. The van der Waals surface area contributed by atoms with E-state index in [0.717, 1.165) is 0 Å². The molecular formula is CH3NOS. The van der Waals surface area contributed by atoms with Crippen LogP contribution in [-0.4, -0.2) is 10.3 Å². The Morgan fingerprint density at radius 2 is 2.00 bits per heavy atom. The highest BCUT2D eigenvalue weighted by Crippen LogP contribution is 1.40. The van der Waals surface area contributed by atoms with E-state index < -0.39 is 5.17 Å². The molecule has 0 radical (unpaired) electrons. The number of hydrogen-bond acceptors (Lipinski definition) is 1. The normalized spacial score (nSPS) is 6.00. The first kappa shape index (κ1) is 3.69. The van der Waals surface area contributed by atoms with E-state index in [1.165, 1.54) is 0 Å². The highest BCUT2D eigenvalue weighted by molar-refractivity contribution is 7.79. The highest BCUT2D eigenvalue weighted by atomic mass is 32.1. The van der Waals surface area contributed by atoms with Crippen LogP contribution in [0.5, 0.6) is 0 Å². The molecule has 0 aliphatic rings. The van der Waals surface area contributed by atoms with Gasteiger partial charge in [0.1, 0.15) is 0 Å². The molecule has 3 heteroatoms. The number of nitrogens with two attached hydrogens (primary N) is 1. The van der Waals surface area contributed by atoms with Gasteiger partial charge >= 0.3 is 0 Å². The second kappa shape index (κ2) is 1.06. The molecular weight excluding hydrogens is 74.1 g/mol. The molecule has 0 saturated heterocycles. The molecule has 3 N–H and O–H groups in total. The molecule has 0 heterocycles. The van der Waals surface area contributed by atoms with Crippen LogP contribution in [0.3, 0.4) is 0 Å². The highest BCUT2D eigenvalue weighted by Gasteiger charge is 1.57. The van der Waals surface area contributed by atoms with Gasteiger partial charge in [-0.15, -0.1) is 0 Å². The van der Waals surface area contributed by atoms with Crippen LogP contribution in [-0.2, 0) is 0 Å². The molecule has 0 amide bonds. The van der Waals surface area contributed by atoms with Crippen LogP contribution in [0.15, 0.2) is 0 Å². The minimum absolute atomic E-state index is 0.500. The molecule has 0 rings (SSSR count). The van der Waals surface area contributed by atoms with Gasteiger partial charge in [-0.25, -0.2) is 0 Å². The number of aliphatic hydroxyl groups excluding tert-OH is 1. The lowest BCUT2D eigenvalue weighted by Gasteiger charge is -1.67. The Labute approximate surface area is 29.2 Å². The predicted molar refractivity (Wildman–Crippen MR) is 19.4 cm³/mol. The van der Waals surface area contributed by atoms with E-state index in [-0.39, 0.29) is 0 Å². The summed E-state index contributed by atoms with van der Waals surface area (Å²) in [4.78, 5) is 0. The first-order chi connectivity index (χ1) is 1.73. The number of hydrogen-bond donors (Lipinski definition) is 2. The molecule has 24 valence electrons. The second-order valence-corrected chi connectivity index (χ2v) is 0.757. The molecule has 0 aromatic carbocycles. The standard InChI is InChI=1S/CH3NOS/c2-1(3)4/h(H3,2,3,4). The molecule has 0 fully saturated rings. The van der Waals surface area contributed by atoms with Crippen molar-refractivity contribution in [1.82, 2.24) is 0 Å². The molecule has 0 aliphatic heterocycles. The summed E-state index contributed by atoms with van der Waals surface area (Å²) >= 11 is 3.87. The summed E-state index contributed by atoms with van der Waals surface area (Å²) in [6, 6.07) is 0. The van der Waals surface area contributed by atoms with Gasteiger partial charge in [-0.05, 0) is 12.2 Å². The van der Waals surface area contributed by atoms with Crippen LogP contribution in [0.2, 0.25) is 0 Å². The van der Waals surface area contributed by atoms with E-state index in [1.54, 1.807) is 0 Å².